The van der Waals surface area contributed by atoms with Gasteiger partial charge in [0, 0.05) is 0 Å². The van der Waals surface area contributed by atoms with E-state index in [9.17, 15) is 0 Å². The first-order valence-electron chi connectivity index (χ1n) is 19.4. The molecule has 0 aliphatic carbocycles. The summed E-state index contributed by atoms with van der Waals surface area (Å²) in [7, 11) is 0. The molecule has 56 heavy (non-hydrogen) atoms. The van der Waals surface area contributed by atoms with Gasteiger partial charge in [-0.25, -0.2) is 0 Å². The molecule has 0 saturated carbocycles. The highest BCUT2D eigenvalue weighted by Gasteiger charge is 2.18. The van der Waals surface area contributed by atoms with E-state index in [4.69, 9.17) is 0 Å². The first-order chi connectivity index (χ1) is 27.8. The Bertz CT molecular complexity index is 3220. The number of benzene rings is 11. The first-order valence-corrected chi connectivity index (χ1v) is 19.4. The van der Waals surface area contributed by atoms with Gasteiger partial charge in [0.05, 0.1) is 0 Å². The molecule has 0 heterocycles. The predicted molar refractivity (Wildman–Crippen MR) is 241 cm³/mol. The average molecular weight is 709 g/mol. The average Bonchev–Trinajstić information content (AvgIpc) is 3.28. The normalized spacial score (nSPS) is 11.6. The van der Waals surface area contributed by atoms with Crippen molar-refractivity contribution >= 4 is 53.9 Å². The van der Waals surface area contributed by atoms with Crippen LogP contribution < -0.4 is 0 Å². The van der Waals surface area contributed by atoms with E-state index in [-0.39, 0.29) is 0 Å². The fourth-order valence-corrected chi connectivity index (χ4v) is 9.04. The number of hydrogen-bond acceptors (Lipinski definition) is 0. The second-order valence-corrected chi connectivity index (χ2v) is 14.8. The molecule has 0 aliphatic heterocycles. The maximum absolute atomic E-state index is 2.36. The Morgan fingerprint density at radius 1 is 0.196 bits per heavy atom. The summed E-state index contributed by atoms with van der Waals surface area (Å²) in [4.78, 5) is 0. The maximum Gasteiger partial charge on any atom is -0.00204 e. The minimum absolute atomic E-state index is 1.21. The van der Waals surface area contributed by atoms with Crippen molar-refractivity contribution < 1.29 is 0 Å². The van der Waals surface area contributed by atoms with E-state index in [1.807, 2.05) is 0 Å². The summed E-state index contributed by atoms with van der Waals surface area (Å²) < 4.78 is 0. The van der Waals surface area contributed by atoms with E-state index >= 15 is 0 Å². The Hall–Kier alpha value is -7.28. The molecular weight excluding hydrogens is 673 g/mol. The summed E-state index contributed by atoms with van der Waals surface area (Å²) in [5, 5.41) is 12.7. The molecule has 0 N–H and O–H groups in total. The molecule has 11 aromatic rings. The van der Waals surface area contributed by atoms with Gasteiger partial charge in [-0.15, -0.1) is 0 Å². The number of fused-ring (bicyclic) bond motifs is 6. The van der Waals surface area contributed by atoms with Crippen molar-refractivity contribution in [2.45, 2.75) is 0 Å². The van der Waals surface area contributed by atoms with Crippen LogP contribution in [0, 0.1) is 0 Å². The van der Waals surface area contributed by atoms with Crippen LogP contribution >= 0.6 is 0 Å². The fourth-order valence-electron chi connectivity index (χ4n) is 9.04. The lowest BCUT2D eigenvalue weighted by molar-refractivity contribution is 1.62. The zero-order valence-corrected chi connectivity index (χ0v) is 30.8. The molecule has 0 saturated heterocycles. The Kier molecular flexibility index (Phi) is 7.60. The second-order valence-electron chi connectivity index (χ2n) is 14.8. The molecular formula is C56H36. The first kappa shape index (κ1) is 32.2. The second kappa shape index (κ2) is 13.2. The van der Waals surface area contributed by atoms with Crippen molar-refractivity contribution in [1.82, 2.24) is 0 Å². The van der Waals surface area contributed by atoms with Gasteiger partial charge in [-0.1, -0.05) is 200 Å². The SMILES string of the molecule is c1ccc(-c2cc3ccccc3c3cccc(-c4ccc(-c5c6ccccc6c(-c6cccc(-c7ccc8ccccc8c7)c6)c6ccccc56)cc4)c23)cc1. The zero-order valence-electron chi connectivity index (χ0n) is 30.8. The molecule has 11 rings (SSSR count). The Morgan fingerprint density at radius 2 is 0.661 bits per heavy atom. The van der Waals surface area contributed by atoms with Gasteiger partial charge in [0.25, 0.3) is 0 Å². The molecule has 260 valence electrons. The van der Waals surface area contributed by atoms with Crippen LogP contribution in [-0.4, -0.2) is 0 Å². The molecule has 0 aliphatic rings. The molecule has 0 bridgehead atoms. The van der Waals surface area contributed by atoms with Gasteiger partial charge in [0.1, 0.15) is 0 Å². The van der Waals surface area contributed by atoms with Gasteiger partial charge in [0.15, 0.2) is 0 Å². The van der Waals surface area contributed by atoms with Gasteiger partial charge in [-0.05, 0) is 128 Å². The highest BCUT2D eigenvalue weighted by Crippen LogP contribution is 2.46. The van der Waals surface area contributed by atoms with E-state index in [1.54, 1.807) is 0 Å². The van der Waals surface area contributed by atoms with Crippen LogP contribution in [-0.2, 0) is 0 Å². The van der Waals surface area contributed by atoms with Gasteiger partial charge in [0.2, 0.25) is 0 Å². The lowest BCUT2D eigenvalue weighted by atomic mass is 9.84. The molecule has 0 heteroatoms. The summed E-state index contributed by atoms with van der Waals surface area (Å²) in [5.41, 5.74) is 12.4. The number of hydrogen-bond donors (Lipinski definition) is 0. The monoisotopic (exact) mass is 708 g/mol. The fraction of sp³-hybridized carbons (Fsp3) is 0. The topological polar surface area (TPSA) is 0 Å². The maximum atomic E-state index is 2.36. The van der Waals surface area contributed by atoms with Crippen molar-refractivity contribution in [3.63, 3.8) is 0 Å². The van der Waals surface area contributed by atoms with Crippen LogP contribution in [0.2, 0.25) is 0 Å². The summed E-state index contributed by atoms with van der Waals surface area (Å²) in [5.74, 6) is 0. The highest BCUT2D eigenvalue weighted by molar-refractivity contribution is 6.22. The molecule has 0 radical (unpaired) electrons. The highest BCUT2D eigenvalue weighted by atomic mass is 14.2. The van der Waals surface area contributed by atoms with Crippen molar-refractivity contribution in [3.05, 3.63) is 218 Å². The van der Waals surface area contributed by atoms with Gasteiger partial charge < -0.3 is 0 Å². The van der Waals surface area contributed by atoms with Gasteiger partial charge >= 0.3 is 0 Å². The quantitative estimate of drug-likeness (QED) is 0.123. The number of rotatable bonds is 5. The van der Waals surface area contributed by atoms with Crippen LogP contribution in [0.4, 0.5) is 0 Å². The van der Waals surface area contributed by atoms with Crippen molar-refractivity contribution in [1.29, 1.82) is 0 Å². The lowest BCUT2D eigenvalue weighted by Crippen LogP contribution is -1.92. The Balaban J connectivity index is 1.08. The molecule has 0 atom stereocenters. The Morgan fingerprint density at radius 3 is 1.38 bits per heavy atom. The van der Waals surface area contributed by atoms with E-state index in [0.29, 0.717) is 0 Å². The third kappa shape index (κ3) is 5.30. The minimum atomic E-state index is 1.21. The molecule has 0 fully saturated rings. The van der Waals surface area contributed by atoms with Crippen LogP contribution in [0.1, 0.15) is 0 Å². The standard InChI is InChI=1S/C56H36/c1-2-15-38(16-3-1)53-36-44-18-6-7-21-46(44)48-27-13-26-47(56(48)53)39-29-31-40(32-30-39)54-49-22-8-10-24-51(49)55(52-25-11-9-23-50(52)54)45-20-12-19-42(35-45)43-33-28-37-14-4-5-17-41(37)34-43/h1-36H. The van der Waals surface area contributed by atoms with E-state index in [0.717, 1.165) is 0 Å². The molecule has 0 nitrogen and oxygen atoms in total. The van der Waals surface area contributed by atoms with Crippen molar-refractivity contribution in [2.75, 3.05) is 0 Å². The van der Waals surface area contributed by atoms with Crippen LogP contribution in [0.15, 0.2) is 218 Å². The summed E-state index contributed by atoms with van der Waals surface area (Å²) in [6.45, 7) is 0. The van der Waals surface area contributed by atoms with E-state index in [1.165, 1.54) is 109 Å². The van der Waals surface area contributed by atoms with Crippen molar-refractivity contribution in [3.8, 4) is 55.6 Å². The van der Waals surface area contributed by atoms with E-state index in [2.05, 4.69) is 218 Å². The predicted octanol–water partition coefficient (Wildman–Crippen LogP) is 15.8. The molecule has 0 amide bonds. The molecule has 11 aromatic carbocycles. The lowest BCUT2D eigenvalue weighted by Gasteiger charge is -2.19. The van der Waals surface area contributed by atoms with Crippen molar-refractivity contribution in [2.24, 2.45) is 0 Å². The smallest absolute Gasteiger partial charge is 0.00204 e. The molecule has 0 aromatic heterocycles. The van der Waals surface area contributed by atoms with Crippen LogP contribution in [0.5, 0.6) is 0 Å². The molecule has 0 spiro atoms. The minimum Gasteiger partial charge on any atom is -0.0622 e. The third-order valence-corrected chi connectivity index (χ3v) is 11.6. The van der Waals surface area contributed by atoms with E-state index < -0.39 is 0 Å². The summed E-state index contributed by atoms with van der Waals surface area (Å²) >= 11 is 0. The van der Waals surface area contributed by atoms with Gasteiger partial charge in [-0.2, -0.15) is 0 Å². The third-order valence-electron chi connectivity index (χ3n) is 11.6. The van der Waals surface area contributed by atoms with Crippen LogP contribution in [0.3, 0.4) is 0 Å². The largest absolute Gasteiger partial charge is 0.0622 e. The molecule has 0 unspecified atom stereocenters. The Labute approximate surface area is 326 Å². The summed E-state index contributed by atoms with van der Waals surface area (Å²) in [6.07, 6.45) is 0. The summed E-state index contributed by atoms with van der Waals surface area (Å²) in [6, 6.07) is 80.3. The van der Waals surface area contributed by atoms with Crippen LogP contribution in [0.25, 0.3) is 109 Å². The van der Waals surface area contributed by atoms with Gasteiger partial charge in [-0.3, -0.25) is 0 Å². The zero-order chi connectivity index (χ0) is 37.0.